The Bertz CT molecular complexity index is 565. The number of nitrogens with zero attached hydrogens (tertiary/aromatic N) is 2. The third-order valence-corrected chi connectivity index (χ3v) is 4.10. The van der Waals surface area contributed by atoms with Crippen LogP contribution in [0.4, 0.5) is 0 Å². The second kappa shape index (κ2) is 5.44. The Kier molecular flexibility index (Phi) is 3.91. The second-order valence-electron chi connectivity index (χ2n) is 4.25. The van der Waals surface area contributed by atoms with Gasteiger partial charge in [0.1, 0.15) is 5.52 Å². The molecular formula is C13H16N2O2S. The summed E-state index contributed by atoms with van der Waals surface area (Å²) in [6.07, 6.45) is 4.87. The molecule has 0 radical (unpaired) electrons. The van der Waals surface area contributed by atoms with Crippen LogP contribution in [0.15, 0.2) is 24.5 Å². The van der Waals surface area contributed by atoms with Crippen LogP contribution in [0.3, 0.4) is 0 Å². The lowest BCUT2D eigenvalue weighted by molar-refractivity contribution is 0.0699. The van der Waals surface area contributed by atoms with Gasteiger partial charge in [0.15, 0.2) is 0 Å². The molecular weight excluding hydrogens is 248 g/mol. The Balaban J connectivity index is 2.31. The molecule has 0 bridgehead atoms. The van der Waals surface area contributed by atoms with Gasteiger partial charge in [0.25, 0.3) is 0 Å². The van der Waals surface area contributed by atoms with Gasteiger partial charge in [0.05, 0.1) is 17.4 Å². The van der Waals surface area contributed by atoms with E-state index in [1.54, 1.807) is 18.5 Å². The number of carbonyl (C=O) groups is 1. The van der Waals surface area contributed by atoms with Crippen LogP contribution >= 0.6 is 11.8 Å². The van der Waals surface area contributed by atoms with Gasteiger partial charge in [-0.25, -0.2) is 9.78 Å². The zero-order valence-corrected chi connectivity index (χ0v) is 11.3. The highest BCUT2D eigenvalue weighted by atomic mass is 32.2. The van der Waals surface area contributed by atoms with Crippen molar-refractivity contribution in [2.24, 2.45) is 0 Å². The number of fused-ring (bicyclic) bond motifs is 1. The molecule has 5 heteroatoms. The highest BCUT2D eigenvalue weighted by Crippen LogP contribution is 2.19. The first-order valence-electron chi connectivity index (χ1n) is 5.83. The van der Waals surface area contributed by atoms with Crippen molar-refractivity contribution in [3.8, 4) is 0 Å². The van der Waals surface area contributed by atoms with E-state index in [0.29, 0.717) is 10.8 Å². The molecule has 1 aromatic carbocycles. The van der Waals surface area contributed by atoms with Crippen LogP contribution in [0.25, 0.3) is 11.0 Å². The Labute approximate surface area is 110 Å². The molecule has 96 valence electrons. The van der Waals surface area contributed by atoms with Gasteiger partial charge in [-0.2, -0.15) is 11.8 Å². The van der Waals surface area contributed by atoms with Crippen LogP contribution in [-0.4, -0.2) is 32.1 Å². The largest absolute Gasteiger partial charge is 0.478 e. The normalized spacial score (nSPS) is 12.8. The predicted molar refractivity (Wildman–Crippen MR) is 74.3 cm³/mol. The molecule has 0 saturated carbocycles. The van der Waals surface area contributed by atoms with E-state index in [1.165, 1.54) is 0 Å². The molecule has 0 aliphatic carbocycles. The van der Waals surface area contributed by atoms with Crippen molar-refractivity contribution in [2.45, 2.75) is 25.1 Å². The third-order valence-electron chi connectivity index (χ3n) is 3.06. The molecule has 1 heterocycles. The van der Waals surface area contributed by atoms with Crippen molar-refractivity contribution in [1.29, 1.82) is 0 Å². The number of aromatic nitrogens is 2. The molecule has 4 nitrogen and oxygen atoms in total. The summed E-state index contributed by atoms with van der Waals surface area (Å²) in [7, 11) is 0. The van der Waals surface area contributed by atoms with Crippen LogP contribution in [0.1, 0.15) is 23.7 Å². The number of hydrogen-bond donors (Lipinski definition) is 1. The van der Waals surface area contributed by atoms with E-state index in [-0.39, 0.29) is 5.56 Å². The minimum atomic E-state index is -0.927. The van der Waals surface area contributed by atoms with E-state index < -0.39 is 5.97 Å². The Morgan fingerprint density at radius 3 is 3.00 bits per heavy atom. The van der Waals surface area contributed by atoms with Crippen LogP contribution < -0.4 is 0 Å². The molecule has 0 spiro atoms. The monoisotopic (exact) mass is 264 g/mol. The molecule has 0 amide bonds. The minimum absolute atomic E-state index is 0.268. The highest BCUT2D eigenvalue weighted by Gasteiger charge is 2.12. The number of para-hydroxylation sites is 1. The van der Waals surface area contributed by atoms with Crippen LogP contribution in [0, 0.1) is 0 Å². The predicted octanol–water partition coefficient (Wildman–Crippen LogP) is 2.88. The van der Waals surface area contributed by atoms with Crippen molar-refractivity contribution in [3.05, 3.63) is 30.1 Å². The quantitative estimate of drug-likeness (QED) is 0.902. The van der Waals surface area contributed by atoms with Gasteiger partial charge in [-0.05, 0) is 24.8 Å². The zero-order valence-electron chi connectivity index (χ0n) is 10.5. The zero-order chi connectivity index (χ0) is 13.1. The van der Waals surface area contributed by atoms with E-state index in [2.05, 4.69) is 18.2 Å². The fourth-order valence-corrected chi connectivity index (χ4v) is 2.22. The standard InChI is InChI=1S/C13H16N2O2S/c1-9(18-2)6-7-15-8-14-12-10(13(16)17)4-3-5-11(12)15/h3-5,8-9H,6-7H2,1-2H3,(H,16,17). The summed E-state index contributed by atoms with van der Waals surface area (Å²) in [6, 6.07) is 5.27. The first kappa shape index (κ1) is 13.0. The molecule has 0 saturated heterocycles. The summed E-state index contributed by atoms with van der Waals surface area (Å²) >= 11 is 1.83. The van der Waals surface area contributed by atoms with E-state index in [0.717, 1.165) is 18.5 Å². The summed E-state index contributed by atoms with van der Waals surface area (Å²) in [4.78, 5) is 15.3. The smallest absolute Gasteiger partial charge is 0.337 e. The number of imidazole rings is 1. The van der Waals surface area contributed by atoms with Crippen LogP contribution in [0.2, 0.25) is 0 Å². The van der Waals surface area contributed by atoms with Crippen molar-refractivity contribution < 1.29 is 9.90 Å². The number of aryl methyl sites for hydroxylation is 1. The minimum Gasteiger partial charge on any atom is -0.478 e. The number of aromatic carboxylic acids is 1. The number of carboxylic acids is 1. The van der Waals surface area contributed by atoms with Gasteiger partial charge in [0, 0.05) is 11.8 Å². The first-order chi connectivity index (χ1) is 8.63. The van der Waals surface area contributed by atoms with Gasteiger partial charge in [0.2, 0.25) is 0 Å². The Morgan fingerprint density at radius 1 is 1.56 bits per heavy atom. The fourth-order valence-electron chi connectivity index (χ4n) is 1.88. The Hall–Kier alpha value is -1.49. The van der Waals surface area contributed by atoms with Crippen LogP contribution in [-0.2, 0) is 6.54 Å². The first-order valence-corrected chi connectivity index (χ1v) is 7.12. The van der Waals surface area contributed by atoms with E-state index >= 15 is 0 Å². The summed E-state index contributed by atoms with van der Waals surface area (Å²) in [5.41, 5.74) is 1.73. The highest BCUT2D eigenvalue weighted by molar-refractivity contribution is 7.99. The topological polar surface area (TPSA) is 55.1 Å². The fraction of sp³-hybridized carbons (Fsp3) is 0.385. The van der Waals surface area contributed by atoms with Gasteiger partial charge in [-0.1, -0.05) is 13.0 Å². The number of benzene rings is 1. The van der Waals surface area contributed by atoms with E-state index in [9.17, 15) is 4.79 Å². The molecule has 0 aliphatic heterocycles. The maximum Gasteiger partial charge on any atom is 0.337 e. The van der Waals surface area contributed by atoms with Crippen molar-refractivity contribution in [1.82, 2.24) is 9.55 Å². The lowest BCUT2D eigenvalue weighted by atomic mass is 10.2. The van der Waals surface area contributed by atoms with Crippen LogP contribution in [0.5, 0.6) is 0 Å². The summed E-state index contributed by atoms with van der Waals surface area (Å²) in [6.45, 7) is 3.05. The molecule has 2 rings (SSSR count). The van der Waals surface area contributed by atoms with Crippen molar-refractivity contribution in [3.63, 3.8) is 0 Å². The molecule has 1 aromatic heterocycles. The average molecular weight is 264 g/mol. The molecule has 1 unspecified atom stereocenters. The molecule has 2 aromatic rings. The number of rotatable bonds is 5. The van der Waals surface area contributed by atoms with Gasteiger partial charge >= 0.3 is 5.97 Å². The molecule has 0 fully saturated rings. The SMILES string of the molecule is CSC(C)CCn1cnc2c(C(=O)O)cccc21. The maximum atomic E-state index is 11.1. The molecule has 1 atom stereocenters. The Morgan fingerprint density at radius 2 is 2.33 bits per heavy atom. The lowest BCUT2D eigenvalue weighted by Crippen LogP contribution is -2.04. The summed E-state index contributed by atoms with van der Waals surface area (Å²) < 4.78 is 2.02. The van der Waals surface area contributed by atoms with Gasteiger partial charge < -0.3 is 9.67 Å². The van der Waals surface area contributed by atoms with Crippen molar-refractivity contribution in [2.75, 3.05) is 6.26 Å². The van der Waals surface area contributed by atoms with Gasteiger partial charge in [-0.15, -0.1) is 0 Å². The van der Waals surface area contributed by atoms with E-state index in [4.69, 9.17) is 5.11 Å². The van der Waals surface area contributed by atoms with Crippen molar-refractivity contribution >= 4 is 28.8 Å². The second-order valence-corrected chi connectivity index (χ2v) is 5.53. The van der Waals surface area contributed by atoms with E-state index in [1.807, 2.05) is 22.4 Å². The maximum absolute atomic E-state index is 11.1. The number of hydrogen-bond acceptors (Lipinski definition) is 3. The number of carboxylic acid groups (broad SMARTS) is 1. The lowest BCUT2D eigenvalue weighted by Gasteiger charge is -2.09. The average Bonchev–Trinajstić information content (AvgIpc) is 2.78. The molecule has 18 heavy (non-hydrogen) atoms. The summed E-state index contributed by atoms with van der Waals surface area (Å²) in [5, 5.41) is 9.68. The molecule has 1 N–H and O–H groups in total. The molecule has 0 aliphatic rings. The summed E-state index contributed by atoms with van der Waals surface area (Å²) in [5.74, 6) is -0.927. The van der Waals surface area contributed by atoms with Gasteiger partial charge in [-0.3, -0.25) is 0 Å². The third kappa shape index (κ3) is 2.51. The number of thioether (sulfide) groups is 1.